The molecule has 20 heavy (non-hydrogen) atoms. The van der Waals surface area contributed by atoms with Crippen LogP contribution in [0.25, 0.3) is 21.7 Å². The third-order valence-corrected chi connectivity index (χ3v) is 5.37. The number of nitrogens with zero attached hydrogens (tertiary/aromatic N) is 1. The van der Waals surface area contributed by atoms with Crippen LogP contribution in [0.2, 0.25) is 0 Å². The SMILES string of the molecule is Cc1ccccc1-c1c(-c2cc(C)c(Br)s2)noc1N. The van der Waals surface area contributed by atoms with Gasteiger partial charge >= 0.3 is 0 Å². The Kier molecular flexibility index (Phi) is 3.40. The lowest BCUT2D eigenvalue weighted by molar-refractivity contribution is 0.439. The number of thiophene rings is 1. The van der Waals surface area contributed by atoms with E-state index in [1.807, 2.05) is 18.2 Å². The third kappa shape index (κ3) is 2.17. The molecule has 0 fully saturated rings. The van der Waals surface area contributed by atoms with Crippen LogP contribution in [0.4, 0.5) is 5.88 Å². The van der Waals surface area contributed by atoms with Crippen molar-refractivity contribution in [3.63, 3.8) is 0 Å². The Morgan fingerprint density at radius 1 is 1.20 bits per heavy atom. The zero-order valence-corrected chi connectivity index (χ0v) is 13.5. The van der Waals surface area contributed by atoms with Gasteiger partial charge in [0.2, 0.25) is 5.88 Å². The van der Waals surface area contributed by atoms with Crippen molar-refractivity contribution in [3.8, 4) is 21.7 Å². The van der Waals surface area contributed by atoms with Gasteiger partial charge in [-0.05, 0) is 52.5 Å². The topological polar surface area (TPSA) is 52.0 Å². The molecule has 0 unspecified atom stereocenters. The van der Waals surface area contributed by atoms with Gasteiger partial charge in [0.1, 0.15) is 5.69 Å². The van der Waals surface area contributed by atoms with Crippen LogP contribution < -0.4 is 5.73 Å². The molecule has 0 saturated heterocycles. The van der Waals surface area contributed by atoms with Crippen molar-refractivity contribution in [1.29, 1.82) is 0 Å². The van der Waals surface area contributed by atoms with Crippen LogP contribution in [0.3, 0.4) is 0 Å². The molecule has 0 aliphatic heterocycles. The minimum atomic E-state index is 0.358. The maximum absolute atomic E-state index is 5.99. The normalized spacial score (nSPS) is 10.9. The smallest absolute Gasteiger partial charge is 0.230 e. The van der Waals surface area contributed by atoms with Gasteiger partial charge in [0.25, 0.3) is 0 Å². The molecule has 0 aliphatic carbocycles. The summed E-state index contributed by atoms with van der Waals surface area (Å²) in [4.78, 5) is 1.05. The van der Waals surface area contributed by atoms with E-state index in [1.165, 1.54) is 5.56 Å². The molecule has 0 aliphatic rings. The number of benzene rings is 1. The molecule has 2 aromatic heterocycles. The number of hydrogen-bond donors (Lipinski definition) is 1. The molecule has 3 rings (SSSR count). The standard InChI is InChI=1S/C15H13BrN2OS/c1-8-5-3-4-6-10(8)12-13(18-19-15(12)17)11-7-9(2)14(16)20-11/h3-7H,17H2,1-2H3. The summed E-state index contributed by atoms with van der Waals surface area (Å²) in [6.07, 6.45) is 0. The summed E-state index contributed by atoms with van der Waals surface area (Å²) in [5, 5.41) is 4.15. The van der Waals surface area contributed by atoms with Crippen LogP contribution in [0.15, 0.2) is 38.6 Å². The highest BCUT2D eigenvalue weighted by Crippen LogP contribution is 2.42. The lowest BCUT2D eigenvalue weighted by Gasteiger charge is -2.04. The molecule has 5 heteroatoms. The van der Waals surface area contributed by atoms with Crippen molar-refractivity contribution in [2.24, 2.45) is 0 Å². The largest absolute Gasteiger partial charge is 0.367 e. The zero-order chi connectivity index (χ0) is 14.3. The molecule has 3 aromatic rings. The fraction of sp³-hybridized carbons (Fsp3) is 0.133. The summed E-state index contributed by atoms with van der Waals surface area (Å²) in [5.41, 5.74) is 11.1. The first-order chi connectivity index (χ1) is 9.58. The van der Waals surface area contributed by atoms with Gasteiger partial charge in [-0.2, -0.15) is 0 Å². The monoisotopic (exact) mass is 348 g/mol. The quantitative estimate of drug-likeness (QED) is 0.706. The summed E-state index contributed by atoms with van der Waals surface area (Å²) >= 11 is 5.18. The second kappa shape index (κ2) is 5.07. The Hall–Kier alpha value is -1.59. The van der Waals surface area contributed by atoms with Gasteiger partial charge in [0.15, 0.2) is 0 Å². The van der Waals surface area contributed by atoms with Crippen molar-refractivity contribution >= 4 is 33.2 Å². The first-order valence-corrected chi connectivity index (χ1v) is 7.76. The van der Waals surface area contributed by atoms with Crippen molar-refractivity contribution in [2.75, 3.05) is 5.73 Å². The maximum atomic E-state index is 5.99. The van der Waals surface area contributed by atoms with E-state index < -0.39 is 0 Å². The molecular weight excluding hydrogens is 336 g/mol. The minimum Gasteiger partial charge on any atom is -0.367 e. The summed E-state index contributed by atoms with van der Waals surface area (Å²) < 4.78 is 6.33. The van der Waals surface area contributed by atoms with Gasteiger partial charge in [-0.3, -0.25) is 0 Å². The molecule has 0 bridgehead atoms. The van der Waals surface area contributed by atoms with Gasteiger partial charge in [-0.15, -0.1) is 11.3 Å². The number of rotatable bonds is 2. The Balaban J connectivity index is 2.23. The Morgan fingerprint density at radius 3 is 2.60 bits per heavy atom. The summed E-state index contributed by atoms with van der Waals surface area (Å²) in [6.45, 7) is 4.11. The van der Waals surface area contributed by atoms with Gasteiger partial charge in [-0.1, -0.05) is 29.4 Å². The molecule has 2 N–H and O–H groups in total. The van der Waals surface area contributed by atoms with Gasteiger partial charge in [0, 0.05) is 0 Å². The van der Waals surface area contributed by atoms with Crippen molar-refractivity contribution in [3.05, 3.63) is 45.2 Å². The second-order valence-electron chi connectivity index (χ2n) is 4.65. The number of nitrogens with two attached hydrogens (primary N) is 1. The Bertz CT molecular complexity index is 757. The van der Waals surface area contributed by atoms with Crippen LogP contribution in [0, 0.1) is 13.8 Å². The average Bonchev–Trinajstić information content (AvgIpc) is 2.94. The molecule has 3 nitrogen and oxygen atoms in total. The predicted molar refractivity (Wildman–Crippen MR) is 86.8 cm³/mol. The number of aryl methyl sites for hydroxylation is 2. The van der Waals surface area contributed by atoms with Crippen LogP contribution in [0.1, 0.15) is 11.1 Å². The van der Waals surface area contributed by atoms with Crippen molar-refractivity contribution < 1.29 is 4.52 Å². The lowest BCUT2D eigenvalue weighted by Crippen LogP contribution is -1.89. The highest BCUT2D eigenvalue weighted by atomic mass is 79.9. The number of halogens is 1. The first kappa shape index (κ1) is 13.4. The van der Waals surface area contributed by atoms with E-state index in [9.17, 15) is 0 Å². The van der Waals surface area contributed by atoms with E-state index in [4.69, 9.17) is 10.3 Å². The number of hydrogen-bond acceptors (Lipinski definition) is 4. The van der Waals surface area contributed by atoms with Gasteiger partial charge < -0.3 is 10.3 Å². The zero-order valence-electron chi connectivity index (χ0n) is 11.1. The number of nitrogen functional groups attached to an aromatic ring is 1. The van der Waals surface area contributed by atoms with E-state index in [0.29, 0.717) is 5.88 Å². The van der Waals surface area contributed by atoms with E-state index in [1.54, 1.807) is 11.3 Å². The Labute approximate surface area is 129 Å². The fourth-order valence-electron chi connectivity index (χ4n) is 2.16. The fourth-order valence-corrected chi connectivity index (χ4v) is 3.68. The molecule has 0 radical (unpaired) electrons. The summed E-state index contributed by atoms with van der Waals surface area (Å²) in [7, 11) is 0. The van der Waals surface area contributed by atoms with Crippen molar-refractivity contribution in [2.45, 2.75) is 13.8 Å². The van der Waals surface area contributed by atoms with E-state index in [-0.39, 0.29) is 0 Å². The number of anilines is 1. The maximum Gasteiger partial charge on any atom is 0.230 e. The summed E-state index contributed by atoms with van der Waals surface area (Å²) in [6, 6.07) is 10.2. The number of aromatic nitrogens is 1. The second-order valence-corrected chi connectivity index (χ2v) is 7.02. The van der Waals surface area contributed by atoms with Crippen LogP contribution in [0.5, 0.6) is 0 Å². The highest BCUT2D eigenvalue weighted by Gasteiger charge is 2.20. The first-order valence-electron chi connectivity index (χ1n) is 6.15. The van der Waals surface area contributed by atoms with Crippen molar-refractivity contribution in [1.82, 2.24) is 5.16 Å². The third-order valence-electron chi connectivity index (χ3n) is 3.22. The van der Waals surface area contributed by atoms with E-state index in [2.05, 4.69) is 47.1 Å². The highest BCUT2D eigenvalue weighted by molar-refractivity contribution is 9.11. The average molecular weight is 349 g/mol. The van der Waals surface area contributed by atoms with Gasteiger partial charge in [-0.25, -0.2) is 0 Å². The van der Waals surface area contributed by atoms with E-state index in [0.717, 1.165) is 31.0 Å². The molecule has 0 spiro atoms. The Morgan fingerprint density at radius 2 is 1.95 bits per heavy atom. The molecule has 0 saturated carbocycles. The van der Waals surface area contributed by atoms with E-state index >= 15 is 0 Å². The molecule has 1 aromatic carbocycles. The minimum absolute atomic E-state index is 0.358. The van der Waals surface area contributed by atoms with Crippen LogP contribution >= 0.6 is 27.3 Å². The van der Waals surface area contributed by atoms with Crippen LogP contribution in [-0.4, -0.2) is 5.16 Å². The molecular formula is C15H13BrN2OS. The lowest BCUT2D eigenvalue weighted by atomic mass is 10.00. The van der Waals surface area contributed by atoms with Gasteiger partial charge in [0.05, 0.1) is 14.2 Å². The predicted octanol–water partition coefficient (Wildman–Crippen LogP) is 5.03. The molecule has 102 valence electrons. The molecule has 0 atom stereocenters. The summed E-state index contributed by atoms with van der Waals surface area (Å²) in [5.74, 6) is 0.358. The molecule has 2 heterocycles. The molecule has 0 amide bonds. The van der Waals surface area contributed by atoms with Crippen LogP contribution in [-0.2, 0) is 0 Å².